The highest BCUT2D eigenvalue weighted by Crippen LogP contribution is 2.34. The average Bonchev–Trinajstić information content (AvgIpc) is 2.68. The molecule has 3 nitrogen and oxygen atoms in total. The third-order valence-electron chi connectivity index (χ3n) is 3.25. The molecule has 1 amide bonds. The van der Waals surface area contributed by atoms with Crippen molar-refractivity contribution in [3.8, 4) is 5.75 Å². The normalized spacial score (nSPS) is 14.4. The van der Waals surface area contributed by atoms with E-state index in [2.05, 4.69) is 15.9 Å². The average molecular weight is 352 g/mol. The van der Waals surface area contributed by atoms with Crippen molar-refractivity contribution < 1.29 is 9.53 Å². The molecule has 3 rings (SSSR count). The van der Waals surface area contributed by atoms with Crippen LogP contribution in [0.2, 0.25) is 0 Å². The SMILES string of the molecule is Cc1cc(C(=O)N2CCCOc3ccccc32)sc1Br. The third kappa shape index (κ3) is 2.47. The molecule has 104 valence electrons. The lowest BCUT2D eigenvalue weighted by Crippen LogP contribution is -2.30. The first-order chi connectivity index (χ1) is 9.66. The molecule has 2 aromatic rings. The predicted octanol–water partition coefficient (Wildman–Crippen LogP) is 4.25. The van der Waals surface area contributed by atoms with Crippen molar-refractivity contribution in [2.24, 2.45) is 0 Å². The molecule has 1 aliphatic rings. The Bertz CT molecular complexity index is 634. The molecular formula is C15H14BrNO2S. The van der Waals surface area contributed by atoms with Crippen molar-refractivity contribution >= 4 is 38.9 Å². The number of halogens is 1. The van der Waals surface area contributed by atoms with Crippen molar-refractivity contribution in [1.82, 2.24) is 0 Å². The minimum absolute atomic E-state index is 0.0433. The zero-order valence-electron chi connectivity index (χ0n) is 11.1. The largest absolute Gasteiger partial charge is 0.491 e. The van der Waals surface area contributed by atoms with Crippen LogP contribution >= 0.6 is 27.3 Å². The summed E-state index contributed by atoms with van der Waals surface area (Å²) in [7, 11) is 0. The molecule has 20 heavy (non-hydrogen) atoms. The van der Waals surface area contributed by atoms with Gasteiger partial charge in [0.2, 0.25) is 0 Å². The summed E-state index contributed by atoms with van der Waals surface area (Å²) in [5.74, 6) is 0.826. The van der Waals surface area contributed by atoms with Crippen LogP contribution < -0.4 is 9.64 Å². The molecule has 0 aliphatic carbocycles. The number of aryl methyl sites for hydroxylation is 1. The van der Waals surface area contributed by atoms with Crippen LogP contribution in [0.3, 0.4) is 0 Å². The molecular weight excluding hydrogens is 338 g/mol. The van der Waals surface area contributed by atoms with E-state index in [1.54, 1.807) is 0 Å². The zero-order chi connectivity index (χ0) is 14.1. The van der Waals surface area contributed by atoms with Gasteiger partial charge in [-0.3, -0.25) is 4.79 Å². The van der Waals surface area contributed by atoms with Gasteiger partial charge in [-0.15, -0.1) is 11.3 Å². The van der Waals surface area contributed by atoms with Gasteiger partial charge < -0.3 is 9.64 Å². The first kappa shape index (κ1) is 13.6. The molecule has 0 atom stereocenters. The van der Waals surface area contributed by atoms with Crippen LogP contribution in [0.25, 0.3) is 0 Å². The first-order valence-electron chi connectivity index (χ1n) is 6.46. The predicted molar refractivity (Wildman–Crippen MR) is 85.0 cm³/mol. The summed E-state index contributed by atoms with van der Waals surface area (Å²) in [4.78, 5) is 15.3. The Hall–Kier alpha value is -1.33. The molecule has 0 bridgehead atoms. The summed E-state index contributed by atoms with van der Waals surface area (Å²) in [6.07, 6.45) is 0.839. The molecule has 0 saturated heterocycles. The van der Waals surface area contributed by atoms with E-state index < -0.39 is 0 Å². The second kappa shape index (κ2) is 5.58. The monoisotopic (exact) mass is 351 g/mol. The van der Waals surface area contributed by atoms with E-state index >= 15 is 0 Å². The van der Waals surface area contributed by atoms with Crippen molar-refractivity contribution in [3.63, 3.8) is 0 Å². The number of ether oxygens (including phenoxy) is 1. The summed E-state index contributed by atoms with van der Waals surface area (Å²) in [6, 6.07) is 9.65. The van der Waals surface area contributed by atoms with E-state index in [4.69, 9.17) is 4.74 Å². The number of hydrogen-bond donors (Lipinski definition) is 0. The summed E-state index contributed by atoms with van der Waals surface area (Å²) >= 11 is 4.96. The van der Waals surface area contributed by atoms with Crippen molar-refractivity contribution in [1.29, 1.82) is 0 Å². The number of fused-ring (bicyclic) bond motifs is 1. The lowest BCUT2D eigenvalue weighted by atomic mass is 10.2. The van der Waals surface area contributed by atoms with Crippen LogP contribution in [0.5, 0.6) is 5.75 Å². The first-order valence-corrected chi connectivity index (χ1v) is 8.07. The van der Waals surface area contributed by atoms with Crippen LogP contribution in [0, 0.1) is 6.92 Å². The molecule has 0 saturated carbocycles. The van der Waals surface area contributed by atoms with Crippen molar-refractivity contribution in [2.45, 2.75) is 13.3 Å². The molecule has 1 aliphatic heterocycles. The molecule has 0 N–H and O–H groups in total. The van der Waals surface area contributed by atoms with Gasteiger partial charge in [0.1, 0.15) is 5.75 Å². The van der Waals surface area contributed by atoms with Gasteiger partial charge in [-0.1, -0.05) is 12.1 Å². The number of para-hydroxylation sites is 2. The standard InChI is InChI=1S/C15H14BrNO2S/c1-10-9-13(20-14(10)16)15(18)17-7-4-8-19-12-6-3-2-5-11(12)17/h2-3,5-6,9H,4,7-8H2,1H3. The highest BCUT2D eigenvalue weighted by Gasteiger charge is 2.24. The quantitative estimate of drug-likeness (QED) is 0.768. The van der Waals surface area contributed by atoms with Crippen LogP contribution in [0.15, 0.2) is 34.1 Å². The molecule has 0 spiro atoms. The zero-order valence-corrected chi connectivity index (χ0v) is 13.5. The van der Waals surface area contributed by atoms with E-state index in [0.717, 1.165) is 32.1 Å². The Labute approximate surface area is 130 Å². The number of thiophene rings is 1. The van der Waals surface area contributed by atoms with Gasteiger partial charge in [0.05, 0.1) is 21.0 Å². The number of anilines is 1. The number of amides is 1. The fourth-order valence-electron chi connectivity index (χ4n) is 2.24. The minimum atomic E-state index is 0.0433. The maximum atomic E-state index is 12.7. The Kier molecular flexibility index (Phi) is 3.81. The maximum Gasteiger partial charge on any atom is 0.268 e. The van der Waals surface area contributed by atoms with Gasteiger partial charge in [0, 0.05) is 6.54 Å². The second-order valence-corrected chi connectivity index (χ2v) is 7.06. The molecule has 1 aromatic heterocycles. The number of carbonyl (C=O) groups excluding carboxylic acids is 1. The van der Waals surface area contributed by atoms with Crippen molar-refractivity contribution in [3.05, 3.63) is 44.6 Å². The smallest absolute Gasteiger partial charge is 0.268 e. The van der Waals surface area contributed by atoms with E-state index in [1.807, 2.05) is 42.2 Å². The van der Waals surface area contributed by atoms with Gasteiger partial charge in [0.25, 0.3) is 5.91 Å². The van der Waals surface area contributed by atoms with Crippen LogP contribution in [0.4, 0.5) is 5.69 Å². The number of nitrogens with zero attached hydrogens (tertiary/aromatic N) is 1. The van der Waals surface area contributed by atoms with Crippen LogP contribution in [0.1, 0.15) is 21.7 Å². The summed E-state index contributed by atoms with van der Waals surface area (Å²) in [5.41, 5.74) is 1.95. The van der Waals surface area contributed by atoms with Gasteiger partial charge in [0.15, 0.2) is 0 Å². The Morgan fingerprint density at radius 2 is 2.20 bits per heavy atom. The minimum Gasteiger partial charge on any atom is -0.491 e. The van der Waals surface area contributed by atoms with Gasteiger partial charge in [-0.25, -0.2) is 0 Å². The Morgan fingerprint density at radius 1 is 1.40 bits per heavy atom. The third-order valence-corrected chi connectivity index (χ3v) is 5.38. The lowest BCUT2D eigenvalue weighted by Gasteiger charge is -2.20. The lowest BCUT2D eigenvalue weighted by molar-refractivity contribution is 0.0991. The molecule has 5 heteroatoms. The van der Waals surface area contributed by atoms with E-state index in [9.17, 15) is 4.79 Å². The van der Waals surface area contributed by atoms with Crippen LogP contribution in [-0.4, -0.2) is 19.1 Å². The van der Waals surface area contributed by atoms with Gasteiger partial charge >= 0.3 is 0 Å². The molecule has 0 fully saturated rings. The number of benzene rings is 1. The number of hydrogen-bond acceptors (Lipinski definition) is 3. The summed E-state index contributed by atoms with van der Waals surface area (Å²) < 4.78 is 6.71. The number of rotatable bonds is 1. The summed E-state index contributed by atoms with van der Waals surface area (Å²) in [5, 5.41) is 0. The maximum absolute atomic E-state index is 12.7. The fourth-order valence-corrected chi connectivity index (χ4v) is 3.72. The number of carbonyl (C=O) groups is 1. The topological polar surface area (TPSA) is 29.5 Å². The van der Waals surface area contributed by atoms with E-state index in [1.165, 1.54) is 11.3 Å². The van der Waals surface area contributed by atoms with Gasteiger partial charge in [-0.2, -0.15) is 0 Å². The summed E-state index contributed by atoms with van der Waals surface area (Å²) in [6.45, 7) is 3.33. The van der Waals surface area contributed by atoms with Crippen molar-refractivity contribution in [2.75, 3.05) is 18.1 Å². The second-order valence-electron chi connectivity index (χ2n) is 4.69. The van der Waals surface area contributed by atoms with Crippen LogP contribution in [-0.2, 0) is 0 Å². The molecule has 2 heterocycles. The fraction of sp³-hybridized carbons (Fsp3) is 0.267. The molecule has 0 unspecified atom stereocenters. The molecule has 1 aromatic carbocycles. The van der Waals surface area contributed by atoms with E-state index in [0.29, 0.717) is 13.2 Å². The highest BCUT2D eigenvalue weighted by molar-refractivity contribution is 9.11. The molecule has 0 radical (unpaired) electrons. The Balaban J connectivity index is 1.99. The van der Waals surface area contributed by atoms with Gasteiger partial charge in [-0.05, 0) is 53.0 Å². The van der Waals surface area contributed by atoms with E-state index in [-0.39, 0.29) is 5.91 Å². The Morgan fingerprint density at radius 3 is 2.95 bits per heavy atom. The highest BCUT2D eigenvalue weighted by atomic mass is 79.9.